The third-order valence-electron chi connectivity index (χ3n) is 7.85. The first-order chi connectivity index (χ1) is 16.6. The van der Waals surface area contributed by atoms with Gasteiger partial charge in [0.05, 0.1) is 23.8 Å². The number of aromatic nitrogens is 2. The molecule has 34 heavy (non-hydrogen) atoms. The van der Waals surface area contributed by atoms with Crippen LogP contribution in [0.1, 0.15) is 56.0 Å². The number of likely N-dealkylation sites (tertiary alicyclic amines) is 1. The number of nitrogens with one attached hydrogen (secondary N) is 2. The quantitative estimate of drug-likeness (QED) is 0.640. The van der Waals surface area contributed by atoms with Gasteiger partial charge in [-0.2, -0.15) is 5.10 Å². The smallest absolute Gasteiger partial charge is 0.234 e. The summed E-state index contributed by atoms with van der Waals surface area (Å²) in [5, 5.41) is 10.1. The lowest BCUT2D eigenvalue weighted by Crippen LogP contribution is -2.42. The Bertz CT molecular complexity index is 987. The second-order valence-electron chi connectivity index (χ2n) is 10.0. The van der Waals surface area contributed by atoms with E-state index < -0.39 is 0 Å². The van der Waals surface area contributed by atoms with E-state index in [0.29, 0.717) is 18.9 Å². The molecule has 0 spiro atoms. The molecule has 1 atom stereocenters. The molecule has 8 heteroatoms. The zero-order valence-electron chi connectivity index (χ0n) is 20.1. The van der Waals surface area contributed by atoms with Gasteiger partial charge in [-0.3, -0.25) is 19.6 Å². The summed E-state index contributed by atoms with van der Waals surface area (Å²) in [7, 11) is 1.94. The largest absolute Gasteiger partial charge is 0.386 e. The van der Waals surface area contributed by atoms with Gasteiger partial charge in [-0.05, 0) is 55.7 Å². The highest BCUT2D eigenvalue weighted by Gasteiger charge is 2.29. The molecule has 2 N–H and O–H groups in total. The minimum Gasteiger partial charge on any atom is -0.386 e. The van der Waals surface area contributed by atoms with E-state index in [-0.39, 0.29) is 17.7 Å². The van der Waals surface area contributed by atoms with E-state index in [1.807, 2.05) is 13.2 Å². The van der Waals surface area contributed by atoms with Crippen LogP contribution >= 0.6 is 0 Å². The first-order valence-electron chi connectivity index (χ1n) is 12.7. The van der Waals surface area contributed by atoms with Crippen LogP contribution in [-0.2, 0) is 9.59 Å². The molecule has 3 saturated heterocycles. The monoisotopic (exact) mass is 464 g/mol. The molecule has 4 heterocycles. The lowest BCUT2D eigenvalue weighted by atomic mass is 9.90. The Balaban J connectivity index is 1.07. The van der Waals surface area contributed by atoms with Crippen molar-refractivity contribution in [1.29, 1.82) is 0 Å². The second-order valence-corrected chi connectivity index (χ2v) is 10.0. The Morgan fingerprint density at radius 3 is 2.38 bits per heavy atom. The summed E-state index contributed by atoms with van der Waals surface area (Å²) in [5.41, 5.74) is 3.32. The molecule has 2 aromatic rings. The Hall–Kier alpha value is -2.87. The maximum absolute atomic E-state index is 12.1. The van der Waals surface area contributed by atoms with Gasteiger partial charge in [0.25, 0.3) is 0 Å². The second kappa shape index (κ2) is 10.2. The van der Waals surface area contributed by atoms with Crippen molar-refractivity contribution in [3.05, 3.63) is 42.2 Å². The van der Waals surface area contributed by atoms with Gasteiger partial charge in [0.15, 0.2) is 0 Å². The minimum absolute atomic E-state index is 0.161. The lowest BCUT2D eigenvalue weighted by molar-refractivity contribution is -0.134. The molecule has 8 nitrogen and oxygen atoms in total. The number of benzene rings is 1. The number of rotatable bonds is 6. The summed E-state index contributed by atoms with van der Waals surface area (Å²) in [4.78, 5) is 28.7. The molecule has 3 fully saturated rings. The maximum atomic E-state index is 12.1. The van der Waals surface area contributed by atoms with Gasteiger partial charge in [-0.1, -0.05) is 12.1 Å². The number of hydrogen-bond acceptors (Lipinski definition) is 6. The van der Waals surface area contributed by atoms with Crippen molar-refractivity contribution in [2.75, 3.05) is 50.0 Å². The number of carbonyl (C=O) groups excluding carboxylic acids is 2. The fourth-order valence-corrected chi connectivity index (χ4v) is 5.70. The molecule has 2 amide bonds. The van der Waals surface area contributed by atoms with Gasteiger partial charge in [0, 0.05) is 58.1 Å². The van der Waals surface area contributed by atoms with E-state index in [2.05, 4.69) is 60.7 Å². The number of carbonyl (C=O) groups is 2. The van der Waals surface area contributed by atoms with Crippen LogP contribution < -0.4 is 15.5 Å². The van der Waals surface area contributed by atoms with Crippen molar-refractivity contribution in [1.82, 2.24) is 20.0 Å². The van der Waals surface area contributed by atoms with Crippen LogP contribution in [-0.4, -0.2) is 66.3 Å². The van der Waals surface area contributed by atoms with Crippen LogP contribution in [0.3, 0.4) is 0 Å². The van der Waals surface area contributed by atoms with E-state index in [9.17, 15) is 9.59 Å². The summed E-state index contributed by atoms with van der Waals surface area (Å²) in [6.45, 7) is 5.68. The standard InChI is InChI=1S/C26H36N6O2/c1-27-21-16-28-32(18-21)23-10-12-30(13-11-23)17-19-8-14-31(15-9-19)22-4-2-20(3-5-22)24-6-7-25(33)29-26(24)34/h2-5,16,18-19,23-24,27H,6-15,17H2,1H3,(H,29,33,34). The molecule has 0 radical (unpaired) electrons. The van der Waals surface area contributed by atoms with Gasteiger partial charge >= 0.3 is 0 Å². The summed E-state index contributed by atoms with van der Waals surface area (Å²) >= 11 is 0. The summed E-state index contributed by atoms with van der Waals surface area (Å²) < 4.78 is 2.13. The Morgan fingerprint density at radius 1 is 1.00 bits per heavy atom. The first-order valence-corrected chi connectivity index (χ1v) is 12.7. The van der Waals surface area contributed by atoms with Crippen LogP contribution in [0.5, 0.6) is 0 Å². The Labute approximate surface area is 201 Å². The minimum atomic E-state index is -0.208. The molecule has 1 aromatic carbocycles. The van der Waals surface area contributed by atoms with E-state index >= 15 is 0 Å². The highest BCUT2D eigenvalue weighted by Crippen LogP contribution is 2.30. The molecular weight excluding hydrogens is 428 g/mol. The highest BCUT2D eigenvalue weighted by molar-refractivity contribution is 6.00. The molecule has 3 aliphatic heterocycles. The van der Waals surface area contributed by atoms with Gasteiger partial charge in [-0.25, -0.2) is 0 Å². The molecule has 1 unspecified atom stereocenters. The van der Waals surface area contributed by atoms with Crippen molar-refractivity contribution in [3.8, 4) is 0 Å². The van der Waals surface area contributed by atoms with E-state index in [1.54, 1.807) is 0 Å². The normalized spacial score (nSPS) is 23.2. The number of piperidine rings is 3. The number of imide groups is 1. The average Bonchev–Trinajstić information content (AvgIpc) is 3.35. The third-order valence-corrected chi connectivity index (χ3v) is 7.85. The molecule has 5 rings (SSSR count). The van der Waals surface area contributed by atoms with E-state index in [1.165, 1.54) is 37.9 Å². The molecule has 0 aliphatic carbocycles. The first kappa shape index (κ1) is 22.9. The molecule has 182 valence electrons. The number of anilines is 2. The van der Waals surface area contributed by atoms with Crippen molar-refractivity contribution in [3.63, 3.8) is 0 Å². The third kappa shape index (κ3) is 5.12. The van der Waals surface area contributed by atoms with Crippen LogP contribution in [0.4, 0.5) is 11.4 Å². The predicted molar refractivity (Wildman–Crippen MR) is 133 cm³/mol. The van der Waals surface area contributed by atoms with Gasteiger partial charge < -0.3 is 15.1 Å². The number of amides is 2. The number of hydrogen-bond donors (Lipinski definition) is 2. The topological polar surface area (TPSA) is 82.5 Å². The van der Waals surface area contributed by atoms with E-state index in [0.717, 1.165) is 43.3 Å². The number of nitrogens with zero attached hydrogens (tertiary/aromatic N) is 4. The lowest BCUT2D eigenvalue weighted by Gasteiger charge is -2.38. The zero-order valence-corrected chi connectivity index (χ0v) is 20.1. The molecule has 1 aromatic heterocycles. The predicted octanol–water partition coefficient (Wildman–Crippen LogP) is 3.00. The fourth-order valence-electron chi connectivity index (χ4n) is 5.70. The van der Waals surface area contributed by atoms with Crippen molar-refractivity contribution >= 4 is 23.2 Å². The zero-order chi connectivity index (χ0) is 23.5. The van der Waals surface area contributed by atoms with Crippen molar-refractivity contribution in [2.45, 2.75) is 50.5 Å². The average molecular weight is 465 g/mol. The molecule has 0 saturated carbocycles. The van der Waals surface area contributed by atoms with Crippen LogP contribution in [0.15, 0.2) is 36.7 Å². The molecule has 3 aliphatic rings. The van der Waals surface area contributed by atoms with Gasteiger partial charge in [0.1, 0.15) is 0 Å². The fraction of sp³-hybridized carbons (Fsp3) is 0.577. The summed E-state index contributed by atoms with van der Waals surface area (Å²) in [5.74, 6) is 0.226. The summed E-state index contributed by atoms with van der Waals surface area (Å²) in [6, 6.07) is 8.91. The SMILES string of the molecule is CNc1cnn(C2CCN(CC3CCN(c4ccc(C5CCC(=O)NC5=O)cc4)CC3)CC2)c1. The van der Waals surface area contributed by atoms with Crippen LogP contribution in [0.2, 0.25) is 0 Å². The Kier molecular flexibility index (Phi) is 6.85. The van der Waals surface area contributed by atoms with Crippen molar-refractivity contribution in [2.24, 2.45) is 5.92 Å². The van der Waals surface area contributed by atoms with Crippen molar-refractivity contribution < 1.29 is 9.59 Å². The van der Waals surface area contributed by atoms with Crippen LogP contribution in [0.25, 0.3) is 0 Å². The Morgan fingerprint density at radius 2 is 1.74 bits per heavy atom. The highest BCUT2D eigenvalue weighted by atomic mass is 16.2. The van der Waals surface area contributed by atoms with Gasteiger partial charge in [-0.15, -0.1) is 0 Å². The van der Waals surface area contributed by atoms with Crippen LogP contribution in [0, 0.1) is 5.92 Å². The summed E-state index contributed by atoms with van der Waals surface area (Å²) in [6.07, 6.45) is 9.83. The maximum Gasteiger partial charge on any atom is 0.234 e. The molecule has 0 bridgehead atoms. The van der Waals surface area contributed by atoms with E-state index in [4.69, 9.17) is 0 Å². The van der Waals surface area contributed by atoms with Gasteiger partial charge in [0.2, 0.25) is 11.8 Å². The molecular formula is C26H36N6O2.